The summed E-state index contributed by atoms with van der Waals surface area (Å²) >= 11 is 0. The van der Waals surface area contributed by atoms with Gasteiger partial charge in [-0.25, -0.2) is 4.79 Å². The van der Waals surface area contributed by atoms with Crippen molar-refractivity contribution >= 4 is 11.9 Å². The maximum absolute atomic E-state index is 11.7. The van der Waals surface area contributed by atoms with Crippen LogP contribution in [0.1, 0.15) is 51.9 Å². The van der Waals surface area contributed by atoms with Gasteiger partial charge in [0.05, 0.1) is 0 Å². The summed E-state index contributed by atoms with van der Waals surface area (Å²) in [6, 6.07) is 0.225. The summed E-state index contributed by atoms with van der Waals surface area (Å²) in [5, 5.41) is 11.8. The van der Waals surface area contributed by atoms with Gasteiger partial charge in [0.2, 0.25) is 5.91 Å². The van der Waals surface area contributed by atoms with Crippen molar-refractivity contribution in [2.75, 3.05) is 26.2 Å². The molecule has 1 fully saturated rings. The van der Waals surface area contributed by atoms with Gasteiger partial charge in [0.1, 0.15) is 0 Å². The summed E-state index contributed by atoms with van der Waals surface area (Å²) in [5.74, 6) is 0.0439. The Hall–Kier alpha value is -1.30. The Balaban J connectivity index is 1.95. The molecule has 1 aliphatic rings. The monoisotopic (exact) mass is 298 g/mol. The lowest BCUT2D eigenvalue weighted by Gasteiger charge is -2.22. The van der Waals surface area contributed by atoms with Crippen molar-refractivity contribution in [3.8, 4) is 0 Å². The molecule has 4 N–H and O–H groups in total. The largest absolute Gasteiger partial charge is 0.355 e. The fourth-order valence-electron chi connectivity index (χ4n) is 2.49. The molecule has 0 aliphatic heterocycles. The van der Waals surface area contributed by atoms with Gasteiger partial charge in [0, 0.05) is 32.1 Å². The first-order chi connectivity index (χ1) is 10.2. The van der Waals surface area contributed by atoms with Gasteiger partial charge in [0.25, 0.3) is 0 Å². The van der Waals surface area contributed by atoms with Gasteiger partial charge in [-0.2, -0.15) is 0 Å². The van der Waals surface area contributed by atoms with Gasteiger partial charge in [0.15, 0.2) is 0 Å². The van der Waals surface area contributed by atoms with Crippen molar-refractivity contribution in [1.29, 1.82) is 0 Å². The third-order valence-electron chi connectivity index (χ3n) is 3.68. The molecular weight excluding hydrogens is 268 g/mol. The Labute approximate surface area is 127 Å². The van der Waals surface area contributed by atoms with E-state index in [-0.39, 0.29) is 11.9 Å². The third-order valence-corrected chi connectivity index (χ3v) is 3.68. The lowest BCUT2D eigenvalue weighted by atomic mass is 9.96. The molecule has 0 saturated heterocycles. The molecule has 0 spiro atoms. The molecule has 0 bridgehead atoms. The van der Waals surface area contributed by atoms with E-state index in [9.17, 15) is 9.59 Å². The van der Waals surface area contributed by atoms with E-state index in [1.165, 1.54) is 19.3 Å². The van der Waals surface area contributed by atoms with Crippen molar-refractivity contribution < 1.29 is 9.59 Å². The molecule has 0 radical (unpaired) electrons. The lowest BCUT2D eigenvalue weighted by Crippen LogP contribution is -2.43. The van der Waals surface area contributed by atoms with E-state index in [1.54, 1.807) is 0 Å². The minimum atomic E-state index is -0.102. The minimum Gasteiger partial charge on any atom is -0.355 e. The van der Waals surface area contributed by atoms with Crippen LogP contribution in [0.15, 0.2) is 0 Å². The highest BCUT2D eigenvalue weighted by Gasteiger charge is 2.15. The Kier molecular flexibility index (Phi) is 9.61. The van der Waals surface area contributed by atoms with E-state index >= 15 is 0 Å². The highest BCUT2D eigenvalue weighted by molar-refractivity contribution is 5.76. The van der Waals surface area contributed by atoms with Crippen molar-refractivity contribution in [3.05, 3.63) is 0 Å². The molecule has 1 saturated carbocycles. The van der Waals surface area contributed by atoms with Crippen LogP contribution in [0.4, 0.5) is 4.79 Å². The normalized spacial score (nSPS) is 15.5. The van der Waals surface area contributed by atoms with E-state index in [1.807, 2.05) is 6.92 Å². The molecule has 122 valence electrons. The first-order valence-electron chi connectivity index (χ1n) is 8.24. The number of nitrogens with one attached hydrogen (secondary N) is 4. The average molecular weight is 298 g/mol. The molecule has 3 amide bonds. The Morgan fingerprint density at radius 2 is 1.76 bits per heavy atom. The van der Waals surface area contributed by atoms with E-state index in [0.717, 1.165) is 25.9 Å². The summed E-state index contributed by atoms with van der Waals surface area (Å²) in [6.45, 7) is 4.94. The van der Waals surface area contributed by atoms with Crippen LogP contribution in [0.2, 0.25) is 0 Å². The summed E-state index contributed by atoms with van der Waals surface area (Å²) in [6.07, 6.45) is 6.99. The Morgan fingerprint density at radius 1 is 1.00 bits per heavy atom. The second-order valence-electron chi connectivity index (χ2n) is 5.54. The summed E-state index contributed by atoms with van der Waals surface area (Å²) in [5.41, 5.74) is 0. The van der Waals surface area contributed by atoms with Crippen LogP contribution in [-0.2, 0) is 4.79 Å². The quantitative estimate of drug-likeness (QED) is 0.482. The number of rotatable bonds is 9. The van der Waals surface area contributed by atoms with Crippen LogP contribution in [0.25, 0.3) is 0 Å². The fourth-order valence-corrected chi connectivity index (χ4v) is 2.49. The zero-order chi connectivity index (χ0) is 15.3. The lowest BCUT2D eigenvalue weighted by molar-refractivity contribution is -0.121. The minimum absolute atomic E-state index is 0.0439. The van der Waals surface area contributed by atoms with Crippen LogP contribution in [0.3, 0.4) is 0 Å². The van der Waals surface area contributed by atoms with Crippen LogP contribution in [0, 0.1) is 0 Å². The number of hydrogen-bond acceptors (Lipinski definition) is 3. The first kappa shape index (κ1) is 17.8. The van der Waals surface area contributed by atoms with Gasteiger partial charge in [-0.15, -0.1) is 0 Å². The number of urea groups is 1. The zero-order valence-corrected chi connectivity index (χ0v) is 13.2. The predicted octanol–water partition coefficient (Wildman–Crippen LogP) is 1.12. The molecule has 21 heavy (non-hydrogen) atoms. The number of amides is 3. The van der Waals surface area contributed by atoms with E-state index < -0.39 is 0 Å². The van der Waals surface area contributed by atoms with Gasteiger partial charge in [-0.3, -0.25) is 4.79 Å². The SMILES string of the molecule is CCNCCNC(=O)CCCNC(=O)NC1CCCCC1. The highest BCUT2D eigenvalue weighted by atomic mass is 16.2. The standard InChI is InChI=1S/C15H30N4O2/c1-2-16-11-12-17-14(20)9-6-10-18-15(21)19-13-7-4-3-5-8-13/h13,16H,2-12H2,1H3,(H,17,20)(H2,18,19,21). The van der Waals surface area contributed by atoms with Crippen LogP contribution in [0.5, 0.6) is 0 Å². The highest BCUT2D eigenvalue weighted by Crippen LogP contribution is 2.16. The molecule has 0 unspecified atom stereocenters. The van der Waals surface area contributed by atoms with Crippen molar-refractivity contribution in [2.45, 2.75) is 57.9 Å². The second-order valence-corrected chi connectivity index (χ2v) is 5.54. The number of hydrogen-bond donors (Lipinski definition) is 4. The summed E-state index contributed by atoms with van der Waals surface area (Å²) < 4.78 is 0. The van der Waals surface area contributed by atoms with Gasteiger partial charge >= 0.3 is 6.03 Å². The Bertz CT molecular complexity index is 304. The number of carbonyl (C=O) groups excluding carboxylic acids is 2. The predicted molar refractivity (Wildman–Crippen MR) is 84.2 cm³/mol. The third kappa shape index (κ3) is 9.28. The summed E-state index contributed by atoms with van der Waals surface area (Å²) in [4.78, 5) is 23.2. The van der Waals surface area contributed by atoms with Gasteiger partial charge in [-0.05, 0) is 25.8 Å². The van der Waals surface area contributed by atoms with Crippen LogP contribution < -0.4 is 21.3 Å². The molecule has 6 heteroatoms. The first-order valence-corrected chi connectivity index (χ1v) is 8.24. The van der Waals surface area contributed by atoms with Crippen molar-refractivity contribution in [3.63, 3.8) is 0 Å². The van der Waals surface area contributed by atoms with Gasteiger partial charge < -0.3 is 21.3 Å². The fraction of sp³-hybridized carbons (Fsp3) is 0.867. The van der Waals surface area contributed by atoms with Crippen molar-refractivity contribution in [1.82, 2.24) is 21.3 Å². The topological polar surface area (TPSA) is 82.3 Å². The second kappa shape index (κ2) is 11.4. The number of likely N-dealkylation sites (N-methyl/N-ethyl adjacent to an activating group) is 1. The van der Waals surface area contributed by atoms with E-state index in [0.29, 0.717) is 32.0 Å². The molecule has 0 atom stereocenters. The average Bonchev–Trinajstić information content (AvgIpc) is 2.49. The molecule has 1 aliphatic carbocycles. The maximum Gasteiger partial charge on any atom is 0.315 e. The van der Waals surface area contributed by atoms with Crippen molar-refractivity contribution in [2.24, 2.45) is 0 Å². The smallest absolute Gasteiger partial charge is 0.315 e. The molecule has 0 aromatic rings. The summed E-state index contributed by atoms with van der Waals surface area (Å²) in [7, 11) is 0. The van der Waals surface area contributed by atoms with E-state index in [4.69, 9.17) is 0 Å². The zero-order valence-electron chi connectivity index (χ0n) is 13.2. The van der Waals surface area contributed by atoms with Crippen LogP contribution in [-0.4, -0.2) is 44.2 Å². The van der Waals surface area contributed by atoms with E-state index in [2.05, 4.69) is 21.3 Å². The molecule has 0 heterocycles. The molecule has 0 aromatic heterocycles. The Morgan fingerprint density at radius 3 is 2.48 bits per heavy atom. The molecule has 0 aromatic carbocycles. The molecule has 1 rings (SSSR count). The van der Waals surface area contributed by atoms with Crippen LogP contribution >= 0.6 is 0 Å². The van der Waals surface area contributed by atoms with Gasteiger partial charge in [-0.1, -0.05) is 26.2 Å². The number of carbonyl (C=O) groups is 2. The maximum atomic E-state index is 11.7. The molecule has 6 nitrogen and oxygen atoms in total. The molecular formula is C15H30N4O2.